The summed E-state index contributed by atoms with van der Waals surface area (Å²) in [5, 5.41) is 15.2. The molecule has 4 rings (SSSR count). The van der Waals surface area contributed by atoms with Crippen LogP contribution in [0.5, 0.6) is 0 Å². The Morgan fingerprint density at radius 2 is 1.84 bits per heavy atom. The molecule has 0 amide bonds. The van der Waals surface area contributed by atoms with Crippen LogP contribution in [0.2, 0.25) is 0 Å². The Balaban J connectivity index is 0.00000272. The minimum absolute atomic E-state index is 0. The van der Waals surface area contributed by atoms with E-state index in [0.29, 0.717) is 12.1 Å². The van der Waals surface area contributed by atoms with Gasteiger partial charge in [-0.15, -0.1) is 12.4 Å². The molecule has 2 aromatic rings. The van der Waals surface area contributed by atoms with E-state index in [0.717, 1.165) is 49.9 Å². The Bertz CT molecular complexity index is 1090. The van der Waals surface area contributed by atoms with Crippen molar-refractivity contribution in [1.29, 1.82) is 0 Å². The average molecular weight is 466 g/mol. The third-order valence-electron chi connectivity index (χ3n) is 6.67. The summed E-state index contributed by atoms with van der Waals surface area (Å²) in [5.41, 5.74) is 0.768. The van der Waals surface area contributed by atoms with E-state index in [4.69, 9.17) is 0 Å². The van der Waals surface area contributed by atoms with E-state index < -0.39 is 15.3 Å². The summed E-state index contributed by atoms with van der Waals surface area (Å²) in [6.45, 7) is 1.81. The highest BCUT2D eigenvalue weighted by molar-refractivity contribution is 7.92. The number of nitrogens with one attached hydrogen (secondary N) is 1. The molecule has 1 aromatic carbocycles. The molecule has 1 spiro atoms. The highest BCUT2D eigenvalue weighted by Gasteiger charge is 2.53. The lowest BCUT2D eigenvalue weighted by Gasteiger charge is -2.49. The van der Waals surface area contributed by atoms with Crippen molar-refractivity contribution in [2.24, 2.45) is 9.78 Å². The Morgan fingerprint density at radius 1 is 1.16 bits per heavy atom. The van der Waals surface area contributed by atoms with Crippen LogP contribution in [0, 0.1) is 5.41 Å². The van der Waals surface area contributed by atoms with Crippen LogP contribution < -0.4 is 10.9 Å². The summed E-state index contributed by atoms with van der Waals surface area (Å²) in [6.07, 6.45) is 9.74. The fourth-order valence-corrected chi connectivity index (χ4v) is 5.74. The number of benzene rings is 1. The van der Waals surface area contributed by atoms with E-state index >= 15 is 0 Å². The van der Waals surface area contributed by atoms with Crippen molar-refractivity contribution in [3.05, 3.63) is 52.9 Å². The number of aliphatic hydroxyl groups is 1. The highest BCUT2D eigenvalue weighted by Crippen LogP contribution is 2.49. The summed E-state index contributed by atoms with van der Waals surface area (Å²) >= 11 is 0. The van der Waals surface area contributed by atoms with Crippen molar-refractivity contribution in [3.8, 4) is 11.1 Å². The maximum Gasteiger partial charge on any atom is 0.252 e. The minimum atomic E-state index is -2.43. The molecule has 1 aliphatic heterocycles. The van der Waals surface area contributed by atoms with Crippen LogP contribution in [0.1, 0.15) is 32.1 Å². The molecule has 1 atom stereocenters. The lowest BCUT2D eigenvalue weighted by atomic mass is 9.66. The van der Waals surface area contributed by atoms with Gasteiger partial charge in [0.2, 0.25) is 0 Å². The third kappa shape index (κ3) is 4.90. The van der Waals surface area contributed by atoms with Gasteiger partial charge in [0.05, 0.1) is 17.8 Å². The largest absolute Gasteiger partial charge is 0.387 e. The Morgan fingerprint density at radius 3 is 2.48 bits per heavy atom. The quantitative estimate of drug-likeness (QED) is 0.722. The van der Waals surface area contributed by atoms with Gasteiger partial charge in [0.25, 0.3) is 5.56 Å². The van der Waals surface area contributed by atoms with Crippen molar-refractivity contribution >= 4 is 27.8 Å². The molecular formula is C23H32ClN3O3S. The zero-order chi connectivity index (χ0) is 21.4. The van der Waals surface area contributed by atoms with Gasteiger partial charge in [-0.25, -0.2) is 4.21 Å². The Kier molecular flexibility index (Phi) is 7.01. The molecule has 1 saturated heterocycles. The molecule has 0 bridgehead atoms. The van der Waals surface area contributed by atoms with E-state index in [1.165, 1.54) is 6.07 Å². The SMILES string of the molecule is CS(C)(=O)=Nc1cc(=O)n(CC2(O)CCNCC23CCCC3)cc1-c1ccccc1.Cl. The first-order valence-corrected chi connectivity index (χ1v) is 12.9. The van der Waals surface area contributed by atoms with Gasteiger partial charge in [0.1, 0.15) is 0 Å². The minimum Gasteiger partial charge on any atom is -0.387 e. The van der Waals surface area contributed by atoms with Gasteiger partial charge in [-0.2, -0.15) is 4.36 Å². The molecule has 2 N–H and O–H groups in total. The van der Waals surface area contributed by atoms with Crippen LogP contribution >= 0.6 is 12.4 Å². The van der Waals surface area contributed by atoms with Crippen LogP contribution in [-0.4, -0.2) is 45.1 Å². The van der Waals surface area contributed by atoms with Crippen LogP contribution in [-0.2, 0) is 16.3 Å². The fourth-order valence-electron chi connectivity index (χ4n) is 5.11. The number of halogens is 1. The summed E-state index contributed by atoms with van der Waals surface area (Å²) in [7, 11) is -2.43. The van der Waals surface area contributed by atoms with E-state index in [1.54, 1.807) is 23.3 Å². The van der Waals surface area contributed by atoms with E-state index in [2.05, 4.69) is 9.68 Å². The zero-order valence-electron chi connectivity index (χ0n) is 18.2. The topological polar surface area (TPSA) is 83.7 Å². The van der Waals surface area contributed by atoms with Gasteiger partial charge in [-0.3, -0.25) is 4.79 Å². The molecule has 1 aromatic heterocycles. The maximum absolute atomic E-state index is 13.0. The van der Waals surface area contributed by atoms with E-state index in [9.17, 15) is 14.1 Å². The Labute approximate surface area is 190 Å². The van der Waals surface area contributed by atoms with Gasteiger partial charge in [-0.1, -0.05) is 43.2 Å². The van der Waals surface area contributed by atoms with Crippen LogP contribution in [0.4, 0.5) is 5.69 Å². The molecule has 8 heteroatoms. The lowest BCUT2D eigenvalue weighted by Crippen LogP contribution is -2.60. The standard InChI is InChI=1S/C23H31N3O3S.ClH/c1-30(2,29)25-20-14-21(27)26(15-19(20)18-8-4-3-5-9-18)17-23(28)12-13-24-16-22(23)10-6-7-11-22;/h3-5,8-9,14-15,24,28H,6-7,10-13,16-17H2,1-2H3;1H. The van der Waals surface area contributed by atoms with Crippen LogP contribution in [0.3, 0.4) is 0 Å². The molecular weight excluding hydrogens is 434 g/mol. The van der Waals surface area contributed by atoms with Crippen molar-refractivity contribution in [2.75, 3.05) is 25.6 Å². The highest BCUT2D eigenvalue weighted by atomic mass is 35.5. The number of nitrogens with zero attached hydrogens (tertiary/aromatic N) is 2. The molecule has 2 heterocycles. The molecule has 1 aliphatic carbocycles. The first kappa shape index (κ1) is 24.0. The molecule has 6 nitrogen and oxygen atoms in total. The molecule has 1 unspecified atom stereocenters. The molecule has 0 radical (unpaired) electrons. The van der Waals surface area contributed by atoms with Gasteiger partial charge >= 0.3 is 0 Å². The van der Waals surface area contributed by atoms with Gasteiger partial charge in [-0.05, 0) is 31.4 Å². The van der Waals surface area contributed by atoms with Gasteiger partial charge < -0.3 is 15.0 Å². The van der Waals surface area contributed by atoms with Crippen molar-refractivity contribution in [2.45, 2.75) is 44.2 Å². The predicted molar refractivity (Wildman–Crippen MR) is 129 cm³/mol. The summed E-state index contributed by atoms with van der Waals surface area (Å²) < 4.78 is 18.3. The van der Waals surface area contributed by atoms with Crippen LogP contribution in [0.25, 0.3) is 11.1 Å². The monoisotopic (exact) mass is 465 g/mol. The van der Waals surface area contributed by atoms with Crippen molar-refractivity contribution < 1.29 is 9.32 Å². The second-order valence-corrected chi connectivity index (χ2v) is 11.7. The predicted octanol–water partition coefficient (Wildman–Crippen LogP) is 3.58. The molecule has 170 valence electrons. The second-order valence-electron chi connectivity index (χ2n) is 9.12. The summed E-state index contributed by atoms with van der Waals surface area (Å²) in [6, 6.07) is 11.2. The number of hydrogen-bond acceptors (Lipinski definition) is 5. The maximum atomic E-state index is 13.0. The smallest absolute Gasteiger partial charge is 0.252 e. The fraction of sp³-hybridized carbons (Fsp3) is 0.522. The lowest BCUT2D eigenvalue weighted by molar-refractivity contribution is -0.115. The number of hydrogen-bond donors (Lipinski definition) is 2. The van der Waals surface area contributed by atoms with Gasteiger partial charge in [0, 0.05) is 52.0 Å². The third-order valence-corrected chi connectivity index (χ3v) is 7.30. The number of aromatic nitrogens is 1. The summed E-state index contributed by atoms with van der Waals surface area (Å²) in [4.78, 5) is 13.0. The van der Waals surface area contributed by atoms with E-state index in [-0.39, 0.29) is 29.9 Å². The first-order valence-electron chi connectivity index (χ1n) is 10.6. The summed E-state index contributed by atoms with van der Waals surface area (Å²) in [5.74, 6) is 0. The van der Waals surface area contributed by atoms with E-state index in [1.807, 2.05) is 30.3 Å². The molecule has 2 fully saturated rings. The number of pyridine rings is 1. The first-order chi connectivity index (χ1) is 14.2. The second kappa shape index (κ2) is 9.06. The molecule has 1 saturated carbocycles. The van der Waals surface area contributed by atoms with Crippen molar-refractivity contribution in [1.82, 2.24) is 9.88 Å². The Hall–Kier alpha value is -1.67. The number of rotatable bonds is 4. The molecule has 2 aliphatic rings. The average Bonchev–Trinajstić information content (AvgIpc) is 3.16. The van der Waals surface area contributed by atoms with Crippen LogP contribution in [0.15, 0.2) is 51.8 Å². The molecule has 31 heavy (non-hydrogen) atoms. The van der Waals surface area contributed by atoms with Gasteiger partial charge in [0.15, 0.2) is 0 Å². The number of piperidine rings is 1. The zero-order valence-corrected chi connectivity index (χ0v) is 19.8. The normalized spacial score (nSPS) is 22.8. The van der Waals surface area contributed by atoms with Crippen molar-refractivity contribution in [3.63, 3.8) is 0 Å².